The Balaban J connectivity index is 2.13. The molecule has 1 aliphatic rings. The number of hydrogen-bond donors (Lipinski definition) is 0. The van der Waals surface area contributed by atoms with Gasteiger partial charge >= 0.3 is 0 Å². The van der Waals surface area contributed by atoms with E-state index in [1.165, 1.54) is 6.92 Å². The predicted octanol–water partition coefficient (Wildman–Crippen LogP) is 4.37. The van der Waals surface area contributed by atoms with Gasteiger partial charge in [0.05, 0.1) is 5.69 Å². The molecule has 0 aliphatic heterocycles. The minimum Gasteiger partial charge on any atom is -0.232 e. The van der Waals surface area contributed by atoms with Crippen LogP contribution < -0.4 is 0 Å². The summed E-state index contributed by atoms with van der Waals surface area (Å²) in [5, 5.41) is 0. The summed E-state index contributed by atoms with van der Waals surface area (Å²) in [7, 11) is 0. The van der Waals surface area contributed by atoms with E-state index in [4.69, 9.17) is 0 Å². The van der Waals surface area contributed by atoms with E-state index >= 15 is 0 Å². The molecule has 0 amide bonds. The molecular weight excluding hydrogens is 314 g/mol. The number of aryl methyl sites for hydroxylation is 1. The Morgan fingerprint density at radius 1 is 1.16 bits per heavy atom. The highest BCUT2D eigenvalue weighted by molar-refractivity contribution is 9.10. The zero-order valence-electron chi connectivity index (χ0n) is 10.3. The summed E-state index contributed by atoms with van der Waals surface area (Å²) >= 11 is 3.30. The molecule has 0 radical (unpaired) electrons. The summed E-state index contributed by atoms with van der Waals surface area (Å²) in [4.78, 5) is 8.63. The maximum Gasteiger partial charge on any atom is 0.168 e. The van der Waals surface area contributed by atoms with Gasteiger partial charge in [0.15, 0.2) is 11.6 Å². The molecule has 0 spiro atoms. The first-order valence-corrected chi connectivity index (χ1v) is 6.85. The minimum absolute atomic E-state index is 0.174. The number of hydrogen-bond acceptors (Lipinski definition) is 2. The largest absolute Gasteiger partial charge is 0.232 e. The van der Waals surface area contributed by atoms with Crippen molar-refractivity contribution in [1.82, 2.24) is 9.97 Å². The van der Waals surface area contributed by atoms with E-state index in [1.54, 1.807) is 18.2 Å². The molecule has 5 heteroatoms. The maximum absolute atomic E-state index is 14.0. The number of rotatable bonds is 2. The lowest BCUT2D eigenvalue weighted by atomic mass is 10.1. The molecule has 0 saturated heterocycles. The molecule has 2 aromatic rings. The van der Waals surface area contributed by atoms with E-state index in [2.05, 4.69) is 25.9 Å². The number of aromatic nitrogens is 2. The van der Waals surface area contributed by atoms with Gasteiger partial charge in [-0.1, -0.05) is 6.07 Å². The number of halogens is 3. The highest BCUT2D eigenvalue weighted by Crippen LogP contribution is 2.39. The topological polar surface area (TPSA) is 25.8 Å². The van der Waals surface area contributed by atoms with Crippen molar-refractivity contribution in [3.05, 3.63) is 45.8 Å². The molecule has 0 atom stereocenters. The van der Waals surface area contributed by atoms with Gasteiger partial charge < -0.3 is 0 Å². The van der Waals surface area contributed by atoms with Gasteiger partial charge in [0.25, 0.3) is 0 Å². The molecule has 0 N–H and O–H groups in total. The first-order chi connectivity index (χ1) is 9.06. The zero-order chi connectivity index (χ0) is 13.6. The Morgan fingerprint density at radius 2 is 1.89 bits per heavy atom. The average Bonchev–Trinajstić information content (AvgIpc) is 3.19. The van der Waals surface area contributed by atoms with E-state index in [0.717, 1.165) is 12.8 Å². The lowest BCUT2D eigenvalue weighted by Crippen LogP contribution is -1.99. The second-order valence-electron chi connectivity index (χ2n) is 4.77. The highest BCUT2D eigenvalue weighted by atomic mass is 79.9. The Morgan fingerprint density at radius 3 is 2.58 bits per heavy atom. The summed E-state index contributed by atoms with van der Waals surface area (Å²) in [6.07, 6.45) is 2.11. The molecule has 3 rings (SSSR count). The van der Waals surface area contributed by atoms with Crippen LogP contribution >= 0.6 is 15.9 Å². The van der Waals surface area contributed by atoms with Gasteiger partial charge in [0.1, 0.15) is 10.4 Å². The molecule has 1 aliphatic carbocycles. The van der Waals surface area contributed by atoms with Crippen LogP contribution in [-0.2, 0) is 0 Å². The molecule has 0 bridgehead atoms. The Bertz CT molecular complexity index is 654. The fourth-order valence-corrected chi connectivity index (χ4v) is 2.34. The summed E-state index contributed by atoms with van der Waals surface area (Å²) in [5.41, 5.74) is 0.880. The van der Waals surface area contributed by atoms with Crippen molar-refractivity contribution in [2.24, 2.45) is 0 Å². The van der Waals surface area contributed by atoms with Crippen molar-refractivity contribution in [3.8, 4) is 11.3 Å². The smallest absolute Gasteiger partial charge is 0.168 e. The van der Waals surface area contributed by atoms with Crippen LogP contribution in [0.15, 0.2) is 22.8 Å². The Kier molecular flexibility index (Phi) is 3.09. The van der Waals surface area contributed by atoms with Crippen LogP contribution in [0, 0.1) is 18.6 Å². The Labute approximate surface area is 118 Å². The van der Waals surface area contributed by atoms with Gasteiger partial charge in [-0.3, -0.25) is 0 Å². The van der Waals surface area contributed by atoms with Crippen LogP contribution in [-0.4, -0.2) is 9.97 Å². The molecule has 1 saturated carbocycles. The van der Waals surface area contributed by atoms with Gasteiger partial charge in [-0.2, -0.15) is 0 Å². The van der Waals surface area contributed by atoms with E-state index in [1.807, 2.05) is 0 Å². The van der Waals surface area contributed by atoms with Crippen LogP contribution in [0.25, 0.3) is 11.3 Å². The van der Waals surface area contributed by atoms with Crippen molar-refractivity contribution in [1.29, 1.82) is 0 Å². The monoisotopic (exact) mass is 324 g/mol. The molecule has 98 valence electrons. The Hall–Kier alpha value is -1.36. The van der Waals surface area contributed by atoms with E-state index in [0.29, 0.717) is 22.0 Å². The van der Waals surface area contributed by atoms with Crippen molar-refractivity contribution in [2.45, 2.75) is 25.7 Å². The molecular formula is C14H11BrF2N2. The van der Waals surface area contributed by atoms with Crippen molar-refractivity contribution in [2.75, 3.05) is 0 Å². The third-order valence-corrected chi connectivity index (χ3v) is 3.61. The third kappa shape index (κ3) is 2.39. The number of nitrogens with zero attached hydrogens (tertiary/aromatic N) is 2. The van der Waals surface area contributed by atoms with E-state index in [9.17, 15) is 8.78 Å². The van der Waals surface area contributed by atoms with Crippen molar-refractivity contribution < 1.29 is 8.78 Å². The normalized spacial score (nSPS) is 14.7. The molecule has 1 heterocycles. The summed E-state index contributed by atoms with van der Waals surface area (Å²) in [6.45, 7) is 1.54. The van der Waals surface area contributed by atoms with Crippen LogP contribution in [0.5, 0.6) is 0 Å². The third-order valence-electron chi connectivity index (χ3n) is 3.21. The van der Waals surface area contributed by atoms with E-state index in [-0.39, 0.29) is 11.1 Å². The first kappa shape index (κ1) is 12.7. The molecule has 2 nitrogen and oxygen atoms in total. The van der Waals surface area contributed by atoms with Gasteiger partial charge in [-0.15, -0.1) is 0 Å². The summed E-state index contributed by atoms with van der Waals surface area (Å²) in [5.74, 6) is -0.619. The predicted molar refractivity (Wildman–Crippen MR) is 71.8 cm³/mol. The standard InChI is InChI=1S/C14H11BrF2N2/c1-7-2-5-9(13(17)12(7)16)10-6-11(15)19-14(18-10)8-3-4-8/h2,5-6,8H,3-4H2,1H3. The SMILES string of the molecule is Cc1ccc(-c2cc(Br)nc(C3CC3)n2)c(F)c1F. The minimum atomic E-state index is -0.854. The lowest BCUT2D eigenvalue weighted by Gasteiger charge is -2.07. The van der Waals surface area contributed by atoms with Crippen molar-refractivity contribution >= 4 is 15.9 Å². The molecule has 19 heavy (non-hydrogen) atoms. The molecule has 1 fully saturated rings. The molecule has 1 aromatic heterocycles. The second kappa shape index (κ2) is 4.63. The van der Waals surface area contributed by atoms with Crippen LogP contribution in [0.2, 0.25) is 0 Å². The molecule has 1 aromatic carbocycles. The van der Waals surface area contributed by atoms with Gasteiger partial charge in [-0.25, -0.2) is 18.7 Å². The summed E-state index contributed by atoms with van der Waals surface area (Å²) < 4.78 is 28.2. The summed E-state index contributed by atoms with van der Waals surface area (Å²) in [6, 6.07) is 4.72. The average molecular weight is 325 g/mol. The van der Waals surface area contributed by atoms with Crippen molar-refractivity contribution in [3.63, 3.8) is 0 Å². The second-order valence-corrected chi connectivity index (χ2v) is 5.58. The van der Waals surface area contributed by atoms with E-state index < -0.39 is 11.6 Å². The quantitative estimate of drug-likeness (QED) is 0.766. The van der Waals surface area contributed by atoms with Gasteiger partial charge in [0.2, 0.25) is 0 Å². The highest BCUT2D eigenvalue weighted by Gasteiger charge is 2.27. The number of benzene rings is 1. The van der Waals surface area contributed by atoms with Gasteiger partial charge in [-0.05, 0) is 53.4 Å². The fraction of sp³-hybridized carbons (Fsp3) is 0.286. The maximum atomic E-state index is 14.0. The first-order valence-electron chi connectivity index (χ1n) is 6.05. The van der Waals surface area contributed by atoms with Gasteiger partial charge in [0, 0.05) is 11.5 Å². The fourth-order valence-electron chi connectivity index (χ4n) is 1.94. The van der Waals surface area contributed by atoms with Crippen LogP contribution in [0.1, 0.15) is 30.1 Å². The lowest BCUT2D eigenvalue weighted by molar-refractivity contribution is 0.505. The van der Waals surface area contributed by atoms with Crippen LogP contribution in [0.3, 0.4) is 0 Å². The molecule has 0 unspecified atom stereocenters. The zero-order valence-corrected chi connectivity index (χ0v) is 11.8. The van der Waals surface area contributed by atoms with Crippen LogP contribution in [0.4, 0.5) is 8.78 Å².